The number of carbonyl (C=O) groups is 2. The first-order valence-electron chi connectivity index (χ1n) is 7.53. The highest BCUT2D eigenvalue weighted by Gasteiger charge is 2.24. The minimum Gasteiger partial charge on any atom is -0.370 e. The average Bonchev–Trinajstić information content (AvgIpc) is 2.67. The van der Waals surface area contributed by atoms with Crippen molar-refractivity contribution in [2.24, 2.45) is 5.73 Å². The molecular weight excluding hydrogens is 318 g/mol. The molecule has 6 nitrogen and oxygen atoms in total. The minimum atomic E-state index is -0.656. The molecule has 0 radical (unpaired) electrons. The topological polar surface area (TPSA) is 85.5 Å². The van der Waals surface area contributed by atoms with Crippen LogP contribution in [0.2, 0.25) is 0 Å². The van der Waals surface area contributed by atoms with Gasteiger partial charge in [-0.2, -0.15) is 0 Å². The van der Waals surface area contributed by atoms with Crippen molar-refractivity contribution >= 4 is 17.5 Å². The second kappa shape index (κ2) is 7.27. The van der Waals surface area contributed by atoms with E-state index in [1.165, 1.54) is 12.3 Å². The highest BCUT2D eigenvalue weighted by molar-refractivity contribution is 6.09. The third kappa shape index (κ3) is 3.64. The van der Waals surface area contributed by atoms with E-state index in [0.717, 1.165) is 5.06 Å². The van der Waals surface area contributed by atoms with E-state index < -0.39 is 11.8 Å². The van der Waals surface area contributed by atoms with Crippen LogP contribution >= 0.6 is 0 Å². The zero-order valence-corrected chi connectivity index (χ0v) is 13.2. The van der Waals surface area contributed by atoms with Crippen molar-refractivity contribution < 1.29 is 14.4 Å². The van der Waals surface area contributed by atoms with Crippen LogP contribution in [-0.2, 0) is 0 Å². The predicted octanol–water partition coefficient (Wildman–Crippen LogP) is 2.82. The third-order valence-corrected chi connectivity index (χ3v) is 3.42. The Morgan fingerprint density at radius 2 is 1.64 bits per heavy atom. The quantitative estimate of drug-likeness (QED) is 0.728. The van der Waals surface area contributed by atoms with E-state index >= 15 is 0 Å². The second-order valence-corrected chi connectivity index (χ2v) is 5.13. The average molecular weight is 333 g/mol. The molecule has 0 spiro atoms. The van der Waals surface area contributed by atoms with Crippen molar-refractivity contribution in [3.8, 4) is 5.75 Å². The summed E-state index contributed by atoms with van der Waals surface area (Å²) in [6.45, 7) is 0. The van der Waals surface area contributed by atoms with Gasteiger partial charge in [0.05, 0.1) is 17.4 Å². The molecule has 2 aromatic carbocycles. The smallest absolute Gasteiger partial charge is 0.291 e. The predicted molar refractivity (Wildman–Crippen MR) is 93.1 cm³/mol. The van der Waals surface area contributed by atoms with Gasteiger partial charge in [0.2, 0.25) is 0 Å². The number of nitrogens with two attached hydrogens (primary N) is 1. The summed E-state index contributed by atoms with van der Waals surface area (Å²) in [7, 11) is 0. The van der Waals surface area contributed by atoms with E-state index in [2.05, 4.69) is 4.98 Å². The number of nitrogens with zero attached hydrogens (tertiary/aromatic N) is 2. The van der Waals surface area contributed by atoms with Crippen molar-refractivity contribution in [1.82, 2.24) is 4.98 Å². The highest BCUT2D eigenvalue weighted by atomic mass is 16.7. The molecule has 25 heavy (non-hydrogen) atoms. The van der Waals surface area contributed by atoms with Gasteiger partial charge in [0.15, 0.2) is 5.75 Å². The summed E-state index contributed by atoms with van der Waals surface area (Å²) in [6.07, 6.45) is 3.06. The Balaban J connectivity index is 2.06. The summed E-state index contributed by atoms with van der Waals surface area (Å²) in [5.41, 5.74) is 6.28. The lowest BCUT2D eigenvalue weighted by Gasteiger charge is -2.23. The van der Waals surface area contributed by atoms with Gasteiger partial charge in [-0.15, -0.1) is 5.06 Å². The number of primary amides is 1. The van der Waals surface area contributed by atoms with E-state index in [9.17, 15) is 9.59 Å². The summed E-state index contributed by atoms with van der Waals surface area (Å²) in [4.78, 5) is 34.4. The van der Waals surface area contributed by atoms with Crippen LogP contribution in [0.3, 0.4) is 0 Å². The Labute approximate surface area is 144 Å². The summed E-state index contributed by atoms with van der Waals surface area (Å²) >= 11 is 0. The molecule has 0 bridgehead atoms. The van der Waals surface area contributed by atoms with Gasteiger partial charge in [-0.3, -0.25) is 14.6 Å². The molecule has 0 saturated carbocycles. The molecule has 1 heterocycles. The van der Waals surface area contributed by atoms with Crippen LogP contribution in [0, 0.1) is 0 Å². The standard InChI is InChI=1S/C19H15N3O3/c20-18(23)16-10-4-5-11-17(16)22(25-15-9-6-12-21-13-15)19(24)14-7-2-1-3-8-14/h1-13H,(H2,20,23). The Bertz CT molecular complexity index is 883. The zero-order valence-electron chi connectivity index (χ0n) is 13.2. The van der Waals surface area contributed by atoms with Crippen LogP contribution in [0.4, 0.5) is 5.69 Å². The number of pyridine rings is 1. The maximum atomic E-state index is 13.0. The number of para-hydroxylation sites is 1. The summed E-state index contributed by atoms with van der Waals surface area (Å²) in [6, 6.07) is 18.5. The number of amides is 2. The minimum absolute atomic E-state index is 0.177. The Hall–Kier alpha value is -3.67. The van der Waals surface area contributed by atoms with Crippen molar-refractivity contribution in [2.45, 2.75) is 0 Å². The SMILES string of the molecule is NC(=O)c1ccccc1N(Oc1cccnc1)C(=O)c1ccccc1. The van der Waals surface area contributed by atoms with E-state index in [-0.39, 0.29) is 11.3 Å². The van der Waals surface area contributed by atoms with Gasteiger partial charge < -0.3 is 10.6 Å². The molecule has 0 atom stereocenters. The summed E-state index contributed by atoms with van der Waals surface area (Å²) in [5.74, 6) is -0.736. The van der Waals surface area contributed by atoms with E-state index in [1.54, 1.807) is 66.9 Å². The fraction of sp³-hybridized carbons (Fsp3) is 0. The Kier molecular flexibility index (Phi) is 4.71. The largest absolute Gasteiger partial charge is 0.370 e. The number of hydroxylamine groups is 1. The molecule has 6 heteroatoms. The Morgan fingerprint density at radius 3 is 2.32 bits per heavy atom. The lowest BCUT2D eigenvalue weighted by atomic mass is 10.1. The third-order valence-electron chi connectivity index (χ3n) is 3.42. The van der Waals surface area contributed by atoms with Gasteiger partial charge in [0.25, 0.3) is 11.8 Å². The number of aromatic nitrogens is 1. The molecule has 0 fully saturated rings. The lowest BCUT2D eigenvalue weighted by molar-refractivity contribution is 0.0878. The maximum Gasteiger partial charge on any atom is 0.291 e. The molecule has 2 amide bonds. The van der Waals surface area contributed by atoms with Gasteiger partial charge in [0.1, 0.15) is 0 Å². The number of anilines is 1. The number of rotatable bonds is 5. The maximum absolute atomic E-state index is 13.0. The lowest BCUT2D eigenvalue weighted by Crippen LogP contribution is -2.36. The van der Waals surface area contributed by atoms with Crippen LogP contribution in [0.1, 0.15) is 20.7 Å². The van der Waals surface area contributed by atoms with Gasteiger partial charge in [0, 0.05) is 11.8 Å². The molecule has 3 rings (SSSR count). The van der Waals surface area contributed by atoms with Crippen LogP contribution in [0.15, 0.2) is 79.1 Å². The molecule has 0 aliphatic heterocycles. The van der Waals surface area contributed by atoms with Crippen LogP contribution in [-0.4, -0.2) is 16.8 Å². The molecule has 0 saturated heterocycles. The molecule has 0 unspecified atom stereocenters. The molecule has 1 aromatic heterocycles. The van der Waals surface area contributed by atoms with E-state index in [0.29, 0.717) is 11.3 Å². The van der Waals surface area contributed by atoms with Crippen molar-refractivity contribution in [3.05, 3.63) is 90.3 Å². The fourth-order valence-corrected chi connectivity index (χ4v) is 2.26. The van der Waals surface area contributed by atoms with Crippen LogP contribution in [0.25, 0.3) is 0 Å². The molecule has 0 aliphatic carbocycles. The first-order valence-corrected chi connectivity index (χ1v) is 7.53. The van der Waals surface area contributed by atoms with E-state index in [1.807, 2.05) is 0 Å². The highest BCUT2D eigenvalue weighted by Crippen LogP contribution is 2.24. The first-order chi connectivity index (χ1) is 12.2. The van der Waals surface area contributed by atoms with Crippen LogP contribution in [0.5, 0.6) is 5.75 Å². The molecule has 2 N–H and O–H groups in total. The second-order valence-electron chi connectivity index (χ2n) is 5.13. The monoisotopic (exact) mass is 333 g/mol. The summed E-state index contributed by atoms with van der Waals surface area (Å²) < 4.78 is 0. The Morgan fingerprint density at radius 1 is 0.920 bits per heavy atom. The summed E-state index contributed by atoms with van der Waals surface area (Å²) in [5, 5.41) is 1.05. The number of hydrogen-bond acceptors (Lipinski definition) is 4. The van der Waals surface area contributed by atoms with Crippen molar-refractivity contribution in [2.75, 3.05) is 5.06 Å². The molecule has 124 valence electrons. The van der Waals surface area contributed by atoms with Crippen molar-refractivity contribution in [1.29, 1.82) is 0 Å². The van der Waals surface area contributed by atoms with Gasteiger partial charge >= 0.3 is 0 Å². The van der Waals surface area contributed by atoms with Crippen LogP contribution < -0.4 is 15.6 Å². The van der Waals surface area contributed by atoms with Gasteiger partial charge in [-0.05, 0) is 36.4 Å². The normalized spacial score (nSPS) is 10.1. The van der Waals surface area contributed by atoms with Gasteiger partial charge in [-0.25, -0.2) is 0 Å². The number of carbonyl (C=O) groups excluding carboxylic acids is 2. The molecule has 3 aromatic rings. The molecular formula is C19H15N3O3. The van der Waals surface area contributed by atoms with Gasteiger partial charge in [-0.1, -0.05) is 30.3 Å². The fourth-order valence-electron chi connectivity index (χ4n) is 2.26. The number of benzene rings is 2. The molecule has 0 aliphatic rings. The van der Waals surface area contributed by atoms with E-state index in [4.69, 9.17) is 10.6 Å². The van der Waals surface area contributed by atoms with Crippen molar-refractivity contribution in [3.63, 3.8) is 0 Å². The zero-order chi connectivity index (χ0) is 17.6. The number of hydrogen-bond donors (Lipinski definition) is 1. The first kappa shape index (κ1) is 16.2.